The SMILES string of the molecule is CCCOc1cccc(CC2CN(CCC)CCC2O)c1. The highest BCUT2D eigenvalue weighted by Gasteiger charge is 2.27. The van der Waals surface area contributed by atoms with Crippen LogP contribution in [0.4, 0.5) is 0 Å². The maximum absolute atomic E-state index is 10.3. The molecule has 2 unspecified atom stereocenters. The van der Waals surface area contributed by atoms with Gasteiger partial charge in [0.1, 0.15) is 5.75 Å². The summed E-state index contributed by atoms with van der Waals surface area (Å²) in [6.07, 6.45) is 3.88. The number of piperidine rings is 1. The van der Waals surface area contributed by atoms with Crippen molar-refractivity contribution in [3.8, 4) is 5.75 Å². The summed E-state index contributed by atoms with van der Waals surface area (Å²) in [5, 5.41) is 10.3. The van der Waals surface area contributed by atoms with Crippen LogP contribution in [0.25, 0.3) is 0 Å². The Morgan fingerprint density at radius 2 is 2.14 bits per heavy atom. The van der Waals surface area contributed by atoms with Gasteiger partial charge in [-0.3, -0.25) is 0 Å². The number of hydrogen-bond acceptors (Lipinski definition) is 3. The molecular formula is C18H29NO2. The van der Waals surface area contributed by atoms with Gasteiger partial charge in [-0.05, 0) is 49.9 Å². The summed E-state index contributed by atoms with van der Waals surface area (Å²) < 4.78 is 5.70. The third kappa shape index (κ3) is 5.01. The Morgan fingerprint density at radius 1 is 1.29 bits per heavy atom. The number of ether oxygens (including phenoxy) is 1. The van der Waals surface area contributed by atoms with Crippen LogP contribution in [0, 0.1) is 5.92 Å². The largest absolute Gasteiger partial charge is 0.494 e. The van der Waals surface area contributed by atoms with Crippen molar-refractivity contribution in [2.75, 3.05) is 26.2 Å². The van der Waals surface area contributed by atoms with E-state index in [1.165, 1.54) is 12.0 Å². The van der Waals surface area contributed by atoms with Crippen molar-refractivity contribution in [3.05, 3.63) is 29.8 Å². The average molecular weight is 291 g/mol. The first kappa shape index (κ1) is 16.3. The maximum atomic E-state index is 10.3. The highest BCUT2D eigenvalue weighted by molar-refractivity contribution is 5.29. The molecule has 1 aliphatic heterocycles. The Labute approximate surface area is 128 Å². The minimum atomic E-state index is -0.168. The van der Waals surface area contributed by atoms with Gasteiger partial charge in [0.15, 0.2) is 0 Å². The summed E-state index contributed by atoms with van der Waals surface area (Å²) >= 11 is 0. The number of aliphatic hydroxyl groups is 1. The molecule has 0 amide bonds. The lowest BCUT2D eigenvalue weighted by Gasteiger charge is -2.36. The van der Waals surface area contributed by atoms with E-state index in [-0.39, 0.29) is 6.10 Å². The second-order valence-corrected chi connectivity index (χ2v) is 6.12. The van der Waals surface area contributed by atoms with Crippen LogP contribution >= 0.6 is 0 Å². The third-order valence-corrected chi connectivity index (χ3v) is 4.19. The molecule has 3 heteroatoms. The van der Waals surface area contributed by atoms with E-state index in [0.717, 1.165) is 51.3 Å². The molecular weight excluding hydrogens is 262 g/mol. The fourth-order valence-corrected chi connectivity index (χ4v) is 3.10. The molecule has 2 atom stereocenters. The van der Waals surface area contributed by atoms with Crippen LogP contribution in [0.3, 0.4) is 0 Å². The fraction of sp³-hybridized carbons (Fsp3) is 0.667. The first-order valence-electron chi connectivity index (χ1n) is 8.35. The fourth-order valence-electron chi connectivity index (χ4n) is 3.10. The smallest absolute Gasteiger partial charge is 0.119 e. The van der Waals surface area contributed by atoms with Gasteiger partial charge in [0.2, 0.25) is 0 Å². The predicted octanol–water partition coefficient (Wildman–Crippen LogP) is 3.11. The average Bonchev–Trinajstić information content (AvgIpc) is 2.49. The van der Waals surface area contributed by atoms with Crippen LogP contribution in [0.5, 0.6) is 5.75 Å². The van der Waals surface area contributed by atoms with Gasteiger partial charge in [-0.2, -0.15) is 0 Å². The first-order chi connectivity index (χ1) is 10.2. The highest BCUT2D eigenvalue weighted by Crippen LogP contribution is 2.23. The zero-order valence-corrected chi connectivity index (χ0v) is 13.4. The van der Waals surface area contributed by atoms with Crippen LogP contribution in [0.15, 0.2) is 24.3 Å². The molecule has 118 valence electrons. The molecule has 0 spiro atoms. The molecule has 1 saturated heterocycles. The maximum Gasteiger partial charge on any atom is 0.119 e. The summed E-state index contributed by atoms with van der Waals surface area (Å²) in [5.41, 5.74) is 1.27. The van der Waals surface area contributed by atoms with Crippen molar-refractivity contribution >= 4 is 0 Å². The molecule has 0 aromatic heterocycles. The third-order valence-electron chi connectivity index (χ3n) is 4.19. The quantitative estimate of drug-likeness (QED) is 0.838. The van der Waals surface area contributed by atoms with Gasteiger partial charge in [0.25, 0.3) is 0 Å². The zero-order valence-electron chi connectivity index (χ0n) is 13.4. The Bertz CT molecular complexity index is 421. The van der Waals surface area contributed by atoms with Crippen molar-refractivity contribution in [1.29, 1.82) is 0 Å². The number of rotatable bonds is 7. The van der Waals surface area contributed by atoms with Crippen molar-refractivity contribution in [2.24, 2.45) is 5.92 Å². The molecule has 1 aromatic carbocycles. The van der Waals surface area contributed by atoms with E-state index in [9.17, 15) is 5.11 Å². The van der Waals surface area contributed by atoms with E-state index in [1.54, 1.807) is 0 Å². The van der Waals surface area contributed by atoms with Crippen LogP contribution in [-0.2, 0) is 6.42 Å². The summed E-state index contributed by atoms with van der Waals surface area (Å²) in [6, 6.07) is 8.34. The highest BCUT2D eigenvalue weighted by atomic mass is 16.5. The van der Waals surface area contributed by atoms with E-state index >= 15 is 0 Å². The number of hydrogen-bond donors (Lipinski definition) is 1. The van der Waals surface area contributed by atoms with Crippen molar-refractivity contribution in [3.63, 3.8) is 0 Å². The van der Waals surface area contributed by atoms with Crippen LogP contribution in [0.1, 0.15) is 38.7 Å². The van der Waals surface area contributed by atoms with Crippen LogP contribution in [-0.4, -0.2) is 42.4 Å². The monoisotopic (exact) mass is 291 g/mol. The lowest BCUT2D eigenvalue weighted by atomic mass is 9.88. The molecule has 0 radical (unpaired) electrons. The summed E-state index contributed by atoms with van der Waals surface area (Å²) in [7, 11) is 0. The molecule has 0 saturated carbocycles. The van der Waals surface area contributed by atoms with Gasteiger partial charge in [-0.15, -0.1) is 0 Å². The summed E-state index contributed by atoms with van der Waals surface area (Å²) in [4.78, 5) is 2.48. The minimum absolute atomic E-state index is 0.168. The zero-order chi connectivity index (χ0) is 15.1. The molecule has 1 aromatic rings. The molecule has 1 aliphatic rings. The molecule has 0 bridgehead atoms. The van der Waals surface area contributed by atoms with E-state index in [0.29, 0.717) is 5.92 Å². The van der Waals surface area contributed by atoms with Crippen LogP contribution < -0.4 is 4.74 Å². The molecule has 21 heavy (non-hydrogen) atoms. The minimum Gasteiger partial charge on any atom is -0.494 e. The molecule has 2 rings (SSSR count). The Balaban J connectivity index is 1.95. The van der Waals surface area contributed by atoms with Gasteiger partial charge in [-0.1, -0.05) is 26.0 Å². The normalized spacial score (nSPS) is 23.2. The molecule has 1 N–H and O–H groups in total. The van der Waals surface area contributed by atoms with Crippen molar-refractivity contribution < 1.29 is 9.84 Å². The lowest BCUT2D eigenvalue weighted by molar-refractivity contribution is 0.0270. The Morgan fingerprint density at radius 3 is 2.90 bits per heavy atom. The second kappa shape index (κ2) is 8.40. The van der Waals surface area contributed by atoms with Gasteiger partial charge < -0.3 is 14.7 Å². The summed E-state index contributed by atoms with van der Waals surface area (Å²) in [6.45, 7) is 8.28. The van der Waals surface area contributed by atoms with Crippen molar-refractivity contribution in [2.45, 2.75) is 45.6 Å². The van der Waals surface area contributed by atoms with Gasteiger partial charge in [0, 0.05) is 19.0 Å². The number of nitrogens with zero attached hydrogens (tertiary/aromatic N) is 1. The Hall–Kier alpha value is -1.06. The molecule has 3 nitrogen and oxygen atoms in total. The number of aliphatic hydroxyl groups excluding tert-OH is 1. The van der Waals surface area contributed by atoms with E-state index in [2.05, 4.69) is 36.9 Å². The summed E-state index contributed by atoms with van der Waals surface area (Å²) in [5.74, 6) is 1.29. The number of likely N-dealkylation sites (tertiary alicyclic amines) is 1. The lowest BCUT2D eigenvalue weighted by Crippen LogP contribution is -2.44. The van der Waals surface area contributed by atoms with Gasteiger partial charge in [-0.25, -0.2) is 0 Å². The standard InChI is InChI=1S/C18H29NO2/c1-3-9-19-10-8-18(20)16(14-19)12-15-6-5-7-17(13-15)21-11-4-2/h5-7,13,16,18,20H,3-4,8-12,14H2,1-2H3. The molecule has 1 heterocycles. The number of benzene rings is 1. The van der Waals surface area contributed by atoms with E-state index in [4.69, 9.17) is 4.74 Å². The van der Waals surface area contributed by atoms with Gasteiger partial charge in [0.05, 0.1) is 12.7 Å². The van der Waals surface area contributed by atoms with Gasteiger partial charge >= 0.3 is 0 Å². The molecule has 0 aliphatic carbocycles. The predicted molar refractivity (Wildman–Crippen MR) is 86.8 cm³/mol. The van der Waals surface area contributed by atoms with E-state index in [1.807, 2.05) is 6.07 Å². The van der Waals surface area contributed by atoms with Crippen LogP contribution in [0.2, 0.25) is 0 Å². The Kier molecular flexibility index (Phi) is 6.52. The topological polar surface area (TPSA) is 32.7 Å². The molecule has 1 fully saturated rings. The van der Waals surface area contributed by atoms with E-state index < -0.39 is 0 Å². The second-order valence-electron chi connectivity index (χ2n) is 6.12. The first-order valence-corrected chi connectivity index (χ1v) is 8.35. The van der Waals surface area contributed by atoms with Crippen molar-refractivity contribution in [1.82, 2.24) is 4.90 Å².